The first-order valence-corrected chi connectivity index (χ1v) is 7.76. The summed E-state index contributed by atoms with van der Waals surface area (Å²) in [6.07, 6.45) is 0. The largest absolute Gasteiger partial charge is 0.495 e. The van der Waals surface area contributed by atoms with Crippen LogP contribution in [0.2, 0.25) is 0 Å². The third kappa shape index (κ3) is 3.71. The van der Waals surface area contributed by atoms with Crippen LogP contribution in [0.15, 0.2) is 41.3 Å². The number of hydrogen-bond donors (Lipinski definition) is 2. The van der Waals surface area contributed by atoms with E-state index in [1.807, 2.05) is 19.1 Å². The molecule has 0 unspecified atom stereocenters. The first kappa shape index (κ1) is 15.3. The van der Waals surface area contributed by atoms with Crippen LogP contribution < -0.4 is 15.2 Å². The molecule has 0 saturated heterocycles. The summed E-state index contributed by atoms with van der Waals surface area (Å²) >= 11 is 0. The Balaban J connectivity index is 2.18. The fraction of sp³-hybridized carbons (Fsp3) is 0.214. The fourth-order valence-electron chi connectivity index (χ4n) is 1.81. The van der Waals surface area contributed by atoms with E-state index in [4.69, 9.17) is 10.5 Å². The number of sulfonamides is 1. The molecule has 1 aromatic heterocycles. The lowest BCUT2D eigenvalue weighted by atomic mass is 10.3. The first-order chi connectivity index (χ1) is 9.92. The number of anilines is 1. The number of methoxy groups -OCH3 is 1. The molecule has 2 rings (SSSR count). The normalized spacial score (nSPS) is 11.3. The number of ether oxygens (including phenoxy) is 1. The van der Waals surface area contributed by atoms with Gasteiger partial charge in [0.2, 0.25) is 10.0 Å². The Labute approximate surface area is 124 Å². The van der Waals surface area contributed by atoms with Gasteiger partial charge in [0.15, 0.2) is 0 Å². The molecule has 0 saturated carbocycles. The summed E-state index contributed by atoms with van der Waals surface area (Å²) in [5.41, 5.74) is 7.55. The smallest absolute Gasteiger partial charge is 0.241 e. The molecule has 7 heteroatoms. The summed E-state index contributed by atoms with van der Waals surface area (Å²) in [5, 5.41) is 0. The molecule has 0 aliphatic carbocycles. The highest BCUT2D eigenvalue weighted by Crippen LogP contribution is 2.24. The standard InChI is InChI=1S/C14H17N3O3S/c1-10-4-3-5-11(17-10)9-16-21(18,19)12-6-7-13(15)14(8-12)20-2/h3-8,16H,9,15H2,1-2H3. The minimum atomic E-state index is -3.65. The second kappa shape index (κ2) is 6.11. The molecule has 112 valence electrons. The molecule has 0 amide bonds. The number of aryl methyl sites for hydroxylation is 1. The predicted molar refractivity (Wildman–Crippen MR) is 80.4 cm³/mol. The van der Waals surface area contributed by atoms with Crippen LogP contribution in [0.25, 0.3) is 0 Å². The monoisotopic (exact) mass is 307 g/mol. The molecule has 0 aliphatic heterocycles. The minimum Gasteiger partial charge on any atom is -0.495 e. The van der Waals surface area contributed by atoms with Crippen molar-refractivity contribution in [3.05, 3.63) is 47.8 Å². The van der Waals surface area contributed by atoms with Crippen LogP contribution in [0.5, 0.6) is 5.75 Å². The van der Waals surface area contributed by atoms with E-state index in [9.17, 15) is 8.42 Å². The maximum absolute atomic E-state index is 12.2. The van der Waals surface area contributed by atoms with Crippen molar-refractivity contribution in [1.29, 1.82) is 0 Å². The Hall–Kier alpha value is -2.12. The van der Waals surface area contributed by atoms with E-state index in [1.54, 1.807) is 6.07 Å². The van der Waals surface area contributed by atoms with E-state index in [2.05, 4.69) is 9.71 Å². The topological polar surface area (TPSA) is 94.3 Å². The van der Waals surface area contributed by atoms with Gasteiger partial charge in [-0.3, -0.25) is 4.98 Å². The van der Waals surface area contributed by atoms with Crippen molar-refractivity contribution in [3.8, 4) is 5.75 Å². The van der Waals surface area contributed by atoms with Crippen molar-refractivity contribution in [3.63, 3.8) is 0 Å². The molecule has 6 nitrogen and oxygen atoms in total. The lowest BCUT2D eigenvalue weighted by molar-refractivity contribution is 0.415. The van der Waals surface area contributed by atoms with E-state index in [0.29, 0.717) is 17.1 Å². The molecule has 1 aromatic carbocycles. The van der Waals surface area contributed by atoms with Crippen LogP contribution in [-0.2, 0) is 16.6 Å². The Kier molecular flexibility index (Phi) is 4.44. The molecule has 2 aromatic rings. The predicted octanol–water partition coefficient (Wildman–Crippen LogP) is 1.46. The Morgan fingerprint density at radius 3 is 2.71 bits per heavy atom. The van der Waals surface area contributed by atoms with Crippen molar-refractivity contribution < 1.29 is 13.2 Å². The molecule has 0 bridgehead atoms. The molecule has 0 atom stereocenters. The van der Waals surface area contributed by atoms with E-state index < -0.39 is 10.0 Å². The summed E-state index contributed by atoms with van der Waals surface area (Å²) < 4.78 is 32.0. The Morgan fingerprint density at radius 1 is 1.29 bits per heavy atom. The highest BCUT2D eigenvalue weighted by molar-refractivity contribution is 7.89. The van der Waals surface area contributed by atoms with Gasteiger partial charge in [0, 0.05) is 11.8 Å². The Bertz CT molecular complexity index is 745. The molecule has 0 radical (unpaired) electrons. The molecular formula is C14H17N3O3S. The summed E-state index contributed by atoms with van der Waals surface area (Å²) in [6, 6.07) is 9.77. The summed E-state index contributed by atoms with van der Waals surface area (Å²) in [5.74, 6) is 0.326. The zero-order valence-electron chi connectivity index (χ0n) is 11.8. The Morgan fingerprint density at radius 2 is 2.05 bits per heavy atom. The van der Waals surface area contributed by atoms with Crippen molar-refractivity contribution in [2.75, 3.05) is 12.8 Å². The molecular weight excluding hydrogens is 290 g/mol. The second-order valence-electron chi connectivity index (χ2n) is 4.50. The van der Waals surface area contributed by atoms with Gasteiger partial charge in [-0.2, -0.15) is 0 Å². The molecule has 3 N–H and O–H groups in total. The van der Waals surface area contributed by atoms with Crippen LogP contribution in [0, 0.1) is 6.92 Å². The van der Waals surface area contributed by atoms with Crippen LogP contribution >= 0.6 is 0 Å². The minimum absolute atomic E-state index is 0.0983. The zero-order valence-corrected chi connectivity index (χ0v) is 12.6. The molecule has 0 aliphatic rings. The van der Waals surface area contributed by atoms with Gasteiger partial charge in [0.05, 0.1) is 29.9 Å². The zero-order chi connectivity index (χ0) is 15.5. The van der Waals surface area contributed by atoms with E-state index >= 15 is 0 Å². The van der Waals surface area contributed by atoms with Gasteiger partial charge in [-0.1, -0.05) is 6.07 Å². The van der Waals surface area contributed by atoms with Gasteiger partial charge >= 0.3 is 0 Å². The van der Waals surface area contributed by atoms with Crippen molar-refractivity contribution >= 4 is 15.7 Å². The van der Waals surface area contributed by atoms with Crippen LogP contribution in [0.1, 0.15) is 11.4 Å². The average Bonchev–Trinajstić information content (AvgIpc) is 2.46. The number of nitrogens with one attached hydrogen (secondary N) is 1. The first-order valence-electron chi connectivity index (χ1n) is 6.28. The van der Waals surface area contributed by atoms with Gasteiger partial charge < -0.3 is 10.5 Å². The van der Waals surface area contributed by atoms with Gasteiger partial charge in [-0.05, 0) is 31.2 Å². The average molecular weight is 307 g/mol. The fourth-order valence-corrected chi connectivity index (χ4v) is 2.82. The highest BCUT2D eigenvalue weighted by atomic mass is 32.2. The van der Waals surface area contributed by atoms with Crippen molar-refractivity contribution in [1.82, 2.24) is 9.71 Å². The lowest BCUT2D eigenvalue weighted by Gasteiger charge is -2.09. The van der Waals surface area contributed by atoms with Crippen LogP contribution in [0.3, 0.4) is 0 Å². The molecule has 0 spiro atoms. The molecule has 21 heavy (non-hydrogen) atoms. The summed E-state index contributed by atoms with van der Waals surface area (Å²) in [7, 11) is -2.21. The number of benzene rings is 1. The van der Waals surface area contributed by atoms with E-state index in [0.717, 1.165) is 5.69 Å². The van der Waals surface area contributed by atoms with Crippen LogP contribution in [-0.4, -0.2) is 20.5 Å². The number of nitrogens with two attached hydrogens (primary N) is 1. The van der Waals surface area contributed by atoms with E-state index in [1.165, 1.54) is 25.3 Å². The lowest BCUT2D eigenvalue weighted by Crippen LogP contribution is -2.23. The number of nitrogen functional groups attached to an aromatic ring is 1. The third-order valence-electron chi connectivity index (χ3n) is 2.90. The maximum atomic E-state index is 12.2. The second-order valence-corrected chi connectivity index (χ2v) is 6.27. The number of nitrogens with zero attached hydrogens (tertiary/aromatic N) is 1. The SMILES string of the molecule is COc1cc(S(=O)(=O)NCc2cccc(C)n2)ccc1N. The number of rotatable bonds is 5. The quantitative estimate of drug-likeness (QED) is 0.816. The van der Waals surface area contributed by atoms with E-state index in [-0.39, 0.29) is 11.4 Å². The number of hydrogen-bond acceptors (Lipinski definition) is 5. The highest BCUT2D eigenvalue weighted by Gasteiger charge is 2.16. The number of aromatic nitrogens is 1. The molecule has 0 fully saturated rings. The maximum Gasteiger partial charge on any atom is 0.241 e. The van der Waals surface area contributed by atoms with Gasteiger partial charge in [0.1, 0.15) is 5.75 Å². The summed E-state index contributed by atoms with van der Waals surface area (Å²) in [6.45, 7) is 1.97. The van der Waals surface area contributed by atoms with Crippen molar-refractivity contribution in [2.24, 2.45) is 0 Å². The summed E-state index contributed by atoms with van der Waals surface area (Å²) in [4.78, 5) is 4.34. The van der Waals surface area contributed by atoms with Crippen molar-refractivity contribution in [2.45, 2.75) is 18.4 Å². The van der Waals surface area contributed by atoms with Gasteiger partial charge in [0.25, 0.3) is 0 Å². The molecule has 1 heterocycles. The third-order valence-corrected chi connectivity index (χ3v) is 4.30. The van der Waals surface area contributed by atoms with Crippen LogP contribution in [0.4, 0.5) is 5.69 Å². The van der Waals surface area contributed by atoms with Gasteiger partial charge in [-0.25, -0.2) is 13.1 Å². The van der Waals surface area contributed by atoms with Gasteiger partial charge in [-0.15, -0.1) is 0 Å². The number of pyridine rings is 1.